The van der Waals surface area contributed by atoms with E-state index in [-0.39, 0.29) is 16.8 Å². The highest BCUT2D eigenvalue weighted by molar-refractivity contribution is 7.90. The van der Waals surface area contributed by atoms with Crippen molar-refractivity contribution in [1.82, 2.24) is 0 Å². The first-order valence-electron chi connectivity index (χ1n) is 6.60. The number of hydrogen-bond acceptors (Lipinski definition) is 3. The topological polar surface area (TPSA) is 46.2 Å². The number of anilines is 1. The van der Waals surface area contributed by atoms with E-state index in [2.05, 4.69) is 5.32 Å². The lowest BCUT2D eigenvalue weighted by Crippen LogP contribution is -2.09. The third kappa shape index (κ3) is 3.61. The molecule has 1 N–H and O–H groups in total. The van der Waals surface area contributed by atoms with Crippen molar-refractivity contribution in [2.24, 2.45) is 0 Å². The van der Waals surface area contributed by atoms with Gasteiger partial charge >= 0.3 is 0 Å². The minimum Gasteiger partial charge on any atom is -0.376 e. The molecule has 1 unspecified atom stereocenters. The van der Waals surface area contributed by atoms with Gasteiger partial charge in [-0.1, -0.05) is 24.3 Å². The summed E-state index contributed by atoms with van der Waals surface area (Å²) < 4.78 is 36.7. The summed E-state index contributed by atoms with van der Waals surface area (Å²) in [4.78, 5) is 0.278. The number of aryl methyl sites for hydroxylation is 1. The van der Waals surface area contributed by atoms with Crippen LogP contribution in [-0.2, 0) is 9.84 Å². The highest BCUT2D eigenvalue weighted by atomic mass is 32.2. The van der Waals surface area contributed by atoms with Crippen LogP contribution in [0, 0.1) is 12.7 Å². The van der Waals surface area contributed by atoms with Crippen LogP contribution in [0.25, 0.3) is 0 Å². The molecule has 0 aliphatic carbocycles. The zero-order valence-electron chi connectivity index (χ0n) is 12.2. The maximum Gasteiger partial charge on any atom is 0.175 e. The summed E-state index contributed by atoms with van der Waals surface area (Å²) in [5.41, 5.74) is 2.19. The fourth-order valence-electron chi connectivity index (χ4n) is 2.12. The molecule has 0 saturated heterocycles. The second-order valence-electron chi connectivity index (χ2n) is 5.14. The van der Waals surface area contributed by atoms with E-state index < -0.39 is 9.84 Å². The van der Waals surface area contributed by atoms with Crippen molar-refractivity contribution in [2.75, 3.05) is 11.6 Å². The third-order valence-corrected chi connectivity index (χ3v) is 4.52. The summed E-state index contributed by atoms with van der Waals surface area (Å²) >= 11 is 0. The van der Waals surface area contributed by atoms with E-state index in [0.29, 0.717) is 5.69 Å². The van der Waals surface area contributed by atoms with Crippen molar-refractivity contribution in [3.8, 4) is 0 Å². The van der Waals surface area contributed by atoms with Crippen LogP contribution in [0.1, 0.15) is 24.1 Å². The Balaban J connectivity index is 2.23. The SMILES string of the molecule is Cc1cccc(F)c1NC(C)c1ccc(S(C)(=O)=O)cc1. The summed E-state index contributed by atoms with van der Waals surface area (Å²) in [6.45, 7) is 3.74. The number of rotatable bonds is 4. The summed E-state index contributed by atoms with van der Waals surface area (Å²) in [5.74, 6) is -0.297. The van der Waals surface area contributed by atoms with E-state index in [1.54, 1.807) is 30.3 Å². The van der Waals surface area contributed by atoms with Gasteiger partial charge in [0.2, 0.25) is 0 Å². The predicted octanol–water partition coefficient (Wildman–Crippen LogP) is 3.71. The molecule has 0 bridgehead atoms. The monoisotopic (exact) mass is 307 g/mol. The van der Waals surface area contributed by atoms with Crippen LogP contribution < -0.4 is 5.32 Å². The van der Waals surface area contributed by atoms with Gasteiger partial charge in [-0.15, -0.1) is 0 Å². The Morgan fingerprint density at radius 2 is 1.71 bits per heavy atom. The van der Waals surface area contributed by atoms with Gasteiger partial charge in [-0.3, -0.25) is 0 Å². The molecule has 0 aliphatic rings. The molecule has 1 atom stereocenters. The summed E-state index contributed by atoms with van der Waals surface area (Å²) in [6, 6.07) is 11.4. The van der Waals surface area contributed by atoms with Crippen LogP contribution in [0.15, 0.2) is 47.4 Å². The van der Waals surface area contributed by atoms with E-state index in [1.807, 2.05) is 19.9 Å². The minimum atomic E-state index is -3.20. The fraction of sp³-hybridized carbons (Fsp3) is 0.250. The second-order valence-corrected chi connectivity index (χ2v) is 7.15. The molecule has 0 fully saturated rings. The number of nitrogens with one attached hydrogen (secondary N) is 1. The van der Waals surface area contributed by atoms with Crippen molar-refractivity contribution in [1.29, 1.82) is 0 Å². The van der Waals surface area contributed by atoms with Crippen LogP contribution in [0.3, 0.4) is 0 Å². The summed E-state index contributed by atoms with van der Waals surface area (Å²) in [5, 5.41) is 3.13. The first-order valence-corrected chi connectivity index (χ1v) is 8.50. The number of halogens is 1. The highest BCUT2D eigenvalue weighted by Crippen LogP contribution is 2.25. The van der Waals surface area contributed by atoms with Crippen LogP contribution in [0.2, 0.25) is 0 Å². The predicted molar refractivity (Wildman–Crippen MR) is 82.7 cm³/mol. The molecule has 0 spiro atoms. The van der Waals surface area contributed by atoms with Gasteiger partial charge in [0.05, 0.1) is 10.6 Å². The van der Waals surface area contributed by atoms with Gasteiger partial charge in [0, 0.05) is 12.3 Å². The second kappa shape index (κ2) is 5.85. The molecule has 0 aromatic heterocycles. The maximum absolute atomic E-state index is 13.8. The molecule has 0 aliphatic heterocycles. The van der Waals surface area contributed by atoms with Crippen LogP contribution >= 0.6 is 0 Å². The smallest absolute Gasteiger partial charge is 0.175 e. The van der Waals surface area contributed by atoms with Crippen LogP contribution in [0.5, 0.6) is 0 Å². The molecule has 2 aromatic rings. The number of benzene rings is 2. The van der Waals surface area contributed by atoms with Crippen molar-refractivity contribution >= 4 is 15.5 Å². The van der Waals surface area contributed by atoms with E-state index in [0.717, 1.165) is 11.1 Å². The molecule has 0 saturated carbocycles. The highest BCUT2D eigenvalue weighted by Gasteiger charge is 2.12. The molecule has 2 rings (SSSR count). The zero-order chi connectivity index (χ0) is 15.6. The molecule has 112 valence electrons. The average Bonchev–Trinajstić information content (AvgIpc) is 2.42. The summed E-state index contributed by atoms with van der Waals surface area (Å²) in [6.07, 6.45) is 1.17. The standard InChI is InChI=1S/C16H18FNO2S/c1-11-5-4-6-15(17)16(11)18-12(2)13-7-9-14(10-8-13)21(3,19)20/h4-10,12,18H,1-3H3. The summed E-state index contributed by atoms with van der Waals surface area (Å²) in [7, 11) is -3.20. The lowest BCUT2D eigenvalue weighted by atomic mass is 10.1. The molecule has 2 aromatic carbocycles. The van der Waals surface area contributed by atoms with Gasteiger partial charge < -0.3 is 5.32 Å². The minimum absolute atomic E-state index is 0.130. The van der Waals surface area contributed by atoms with Crippen molar-refractivity contribution in [3.05, 3.63) is 59.4 Å². The first kappa shape index (κ1) is 15.5. The van der Waals surface area contributed by atoms with Gasteiger partial charge in [-0.2, -0.15) is 0 Å². The maximum atomic E-state index is 13.8. The average molecular weight is 307 g/mol. The first-order chi connectivity index (χ1) is 9.79. The third-order valence-electron chi connectivity index (χ3n) is 3.39. The van der Waals surface area contributed by atoms with Gasteiger partial charge in [0.25, 0.3) is 0 Å². The van der Waals surface area contributed by atoms with Gasteiger partial charge in [0.15, 0.2) is 9.84 Å². The van der Waals surface area contributed by atoms with Gasteiger partial charge in [0.1, 0.15) is 5.82 Å². The molecular weight excluding hydrogens is 289 g/mol. The molecule has 3 nitrogen and oxygen atoms in total. The lowest BCUT2D eigenvalue weighted by molar-refractivity contribution is 0.602. The molecule has 21 heavy (non-hydrogen) atoms. The zero-order valence-corrected chi connectivity index (χ0v) is 13.0. The molecule has 0 radical (unpaired) electrons. The van der Waals surface area contributed by atoms with E-state index in [4.69, 9.17) is 0 Å². The van der Waals surface area contributed by atoms with E-state index in [1.165, 1.54) is 12.3 Å². The Morgan fingerprint density at radius 3 is 2.24 bits per heavy atom. The van der Waals surface area contributed by atoms with Crippen molar-refractivity contribution in [2.45, 2.75) is 24.8 Å². The molecular formula is C16H18FNO2S. The van der Waals surface area contributed by atoms with Crippen molar-refractivity contribution < 1.29 is 12.8 Å². The Bertz CT molecular complexity index is 719. The van der Waals surface area contributed by atoms with Crippen LogP contribution in [-0.4, -0.2) is 14.7 Å². The van der Waals surface area contributed by atoms with Gasteiger partial charge in [-0.05, 0) is 43.2 Å². The van der Waals surface area contributed by atoms with E-state index in [9.17, 15) is 12.8 Å². The number of hydrogen-bond donors (Lipinski definition) is 1. The van der Waals surface area contributed by atoms with Gasteiger partial charge in [-0.25, -0.2) is 12.8 Å². The van der Waals surface area contributed by atoms with E-state index >= 15 is 0 Å². The van der Waals surface area contributed by atoms with Crippen molar-refractivity contribution in [3.63, 3.8) is 0 Å². The normalized spacial score (nSPS) is 13.0. The Labute approximate surface area is 124 Å². The number of sulfone groups is 1. The molecule has 5 heteroatoms. The Kier molecular flexibility index (Phi) is 4.32. The quantitative estimate of drug-likeness (QED) is 0.936. The number of para-hydroxylation sites is 1. The molecule has 0 amide bonds. The Hall–Kier alpha value is -1.88. The lowest BCUT2D eigenvalue weighted by Gasteiger charge is -2.18. The van der Waals surface area contributed by atoms with Crippen LogP contribution in [0.4, 0.5) is 10.1 Å². The molecule has 0 heterocycles. The Morgan fingerprint density at radius 1 is 1.10 bits per heavy atom. The largest absolute Gasteiger partial charge is 0.376 e. The fourth-order valence-corrected chi connectivity index (χ4v) is 2.75.